The molecule has 1 heterocycles. The van der Waals surface area contributed by atoms with Crippen LogP contribution in [-0.2, 0) is 11.3 Å². The van der Waals surface area contributed by atoms with Gasteiger partial charge in [0.1, 0.15) is 6.54 Å². The third kappa shape index (κ3) is 9.06. The van der Waals surface area contributed by atoms with Crippen LogP contribution in [0.15, 0.2) is 12.4 Å². The predicted octanol–water partition coefficient (Wildman–Crippen LogP) is 3.38. The van der Waals surface area contributed by atoms with Gasteiger partial charge in [-0.3, -0.25) is 9.48 Å². The quantitative estimate of drug-likeness (QED) is 0.562. The van der Waals surface area contributed by atoms with Crippen molar-refractivity contribution in [3.05, 3.63) is 18.0 Å². The first-order chi connectivity index (χ1) is 11.5. The third-order valence-electron chi connectivity index (χ3n) is 4.16. The fourth-order valence-electron chi connectivity index (χ4n) is 2.92. The standard InChI is InChI=1S/C19H36N4O/c1-5-7-9-11-22(12-10-8-6-2)15-18(4)21-19(24)16-23-14-17(3)13-20-23/h13-14,18H,5-12,15-16H2,1-4H3,(H,21,24). The molecule has 5 nitrogen and oxygen atoms in total. The van der Waals surface area contributed by atoms with Crippen LogP contribution in [0.25, 0.3) is 0 Å². The van der Waals surface area contributed by atoms with E-state index in [1.54, 1.807) is 10.9 Å². The van der Waals surface area contributed by atoms with Crippen molar-refractivity contribution in [2.24, 2.45) is 0 Å². The van der Waals surface area contributed by atoms with E-state index in [-0.39, 0.29) is 11.9 Å². The SMILES string of the molecule is CCCCCN(CCCCC)CC(C)NC(=O)Cn1cc(C)cn1. The maximum atomic E-state index is 12.1. The van der Waals surface area contributed by atoms with E-state index in [4.69, 9.17) is 0 Å². The molecule has 5 heteroatoms. The topological polar surface area (TPSA) is 50.2 Å². The maximum Gasteiger partial charge on any atom is 0.241 e. The van der Waals surface area contributed by atoms with Gasteiger partial charge in [-0.05, 0) is 45.3 Å². The number of carbonyl (C=O) groups is 1. The van der Waals surface area contributed by atoms with Gasteiger partial charge in [0.15, 0.2) is 0 Å². The molecule has 1 rings (SSSR count). The lowest BCUT2D eigenvalue weighted by atomic mass is 10.2. The van der Waals surface area contributed by atoms with Crippen molar-refractivity contribution in [1.82, 2.24) is 20.0 Å². The molecule has 0 spiro atoms. The molecule has 0 aliphatic heterocycles. The van der Waals surface area contributed by atoms with E-state index in [1.807, 2.05) is 13.1 Å². The first kappa shape index (κ1) is 20.7. The lowest BCUT2D eigenvalue weighted by Crippen LogP contribution is -2.43. The van der Waals surface area contributed by atoms with Gasteiger partial charge in [-0.1, -0.05) is 39.5 Å². The van der Waals surface area contributed by atoms with E-state index in [9.17, 15) is 4.79 Å². The van der Waals surface area contributed by atoms with Gasteiger partial charge in [-0.25, -0.2) is 0 Å². The van der Waals surface area contributed by atoms with Crippen LogP contribution in [0.4, 0.5) is 0 Å². The monoisotopic (exact) mass is 336 g/mol. The second-order valence-corrected chi connectivity index (χ2v) is 6.90. The van der Waals surface area contributed by atoms with Crippen LogP contribution in [0.5, 0.6) is 0 Å². The predicted molar refractivity (Wildman–Crippen MR) is 100 cm³/mol. The molecule has 1 atom stereocenters. The van der Waals surface area contributed by atoms with Crippen LogP contribution in [0, 0.1) is 6.92 Å². The molecule has 0 bridgehead atoms. The molecule has 0 aliphatic carbocycles. The minimum absolute atomic E-state index is 0.0349. The fraction of sp³-hybridized carbons (Fsp3) is 0.789. The Balaban J connectivity index is 2.37. The van der Waals surface area contributed by atoms with Crippen LogP contribution in [0.3, 0.4) is 0 Å². The number of carbonyl (C=O) groups excluding carboxylic acids is 1. The number of nitrogens with zero attached hydrogens (tertiary/aromatic N) is 3. The molecule has 0 saturated heterocycles. The Bertz CT molecular complexity index is 448. The zero-order chi connectivity index (χ0) is 17.8. The van der Waals surface area contributed by atoms with Crippen molar-refractivity contribution in [2.45, 2.75) is 78.8 Å². The van der Waals surface area contributed by atoms with Crippen molar-refractivity contribution >= 4 is 5.91 Å². The second kappa shape index (κ2) is 12.1. The van der Waals surface area contributed by atoms with E-state index >= 15 is 0 Å². The fourth-order valence-corrected chi connectivity index (χ4v) is 2.92. The Morgan fingerprint density at radius 3 is 2.33 bits per heavy atom. The highest BCUT2D eigenvalue weighted by Crippen LogP contribution is 2.04. The molecule has 1 aromatic rings. The Hall–Kier alpha value is -1.36. The first-order valence-corrected chi connectivity index (χ1v) is 9.55. The van der Waals surface area contributed by atoms with E-state index in [0.29, 0.717) is 6.54 Å². The highest BCUT2D eigenvalue weighted by Gasteiger charge is 2.13. The first-order valence-electron chi connectivity index (χ1n) is 9.55. The smallest absolute Gasteiger partial charge is 0.241 e. The second-order valence-electron chi connectivity index (χ2n) is 6.90. The van der Waals surface area contributed by atoms with Crippen molar-refractivity contribution in [3.63, 3.8) is 0 Å². The Morgan fingerprint density at radius 2 is 1.83 bits per heavy atom. The molecule has 0 aliphatic rings. The Morgan fingerprint density at radius 1 is 1.21 bits per heavy atom. The van der Waals surface area contributed by atoms with Crippen LogP contribution < -0.4 is 5.32 Å². The number of hydrogen-bond donors (Lipinski definition) is 1. The number of unbranched alkanes of at least 4 members (excludes halogenated alkanes) is 4. The molecule has 24 heavy (non-hydrogen) atoms. The normalized spacial score (nSPS) is 12.5. The summed E-state index contributed by atoms with van der Waals surface area (Å²) in [4.78, 5) is 14.7. The molecular weight excluding hydrogens is 300 g/mol. The number of nitrogens with one attached hydrogen (secondary N) is 1. The summed E-state index contributed by atoms with van der Waals surface area (Å²) in [5.41, 5.74) is 1.08. The minimum atomic E-state index is 0.0349. The number of hydrogen-bond acceptors (Lipinski definition) is 3. The van der Waals surface area contributed by atoms with Gasteiger partial charge < -0.3 is 10.2 Å². The number of amides is 1. The maximum absolute atomic E-state index is 12.1. The van der Waals surface area contributed by atoms with Crippen LogP contribution in [0.2, 0.25) is 0 Å². The average Bonchev–Trinajstić information content (AvgIpc) is 2.92. The van der Waals surface area contributed by atoms with Crippen LogP contribution >= 0.6 is 0 Å². The molecule has 138 valence electrons. The molecule has 0 saturated carbocycles. The number of aryl methyl sites for hydroxylation is 1. The molecule has 1 unspecified atom stereocenters. The van der Waals surface area contributed by atoms with Crippen LogP contribution in [-0.4, -0.2) is 46.3 Å². The summed E-state index contributed by atoms with van der Waals surface area (Å²) in [5.74, 6) is 0.0349. The highest BCUT2D eigenvalue weighted by atomic mass is 16.2. The highest BCUT2D eigenvalue weighted by molar-refractivity contribution is 5.75. The van der Waals surface area contributed by atoms with Crippen molar-refractivity contribution in [1.29, 1.82) is 0 Å². The summed E-state index contributed by atoms with van der Waals surface area (Å²) in [6, 6.07) is 0.164. The molecule has 0 aromatic carbocycles. The lowest BCUT2D eigenvalue weighted by Gasteiger charge is -2.26. The van der Waals surface area contributed by atoms with Gasteiger partial charge in [0.05, 0.1) is 6.20 Å². The molecule has 1 aromatic heterocycles. The van der Waals surface area contributed by atoms with Crippen LogP contribution in [0.1, 0.15) is 64.9 Å². The molecule has 0 radical (unpaired) electrons. The minimum Gasteiger partial charge on any atom is -0.351 e. The van der Waals surface area contributed by atoms with Gasteiger partial charge in [0.2, 0.25) is 5.91 Å². The molecular formula is C19H36N4O. The lowest BCUT2D eigenvalue weighted by molar-refractivity contribution is -0.122. The van der Waals surface area contributed by atoms with Gasteiger partial charge >= 0.3 is 0 Å². The Kier molecular flexibility index (Phi) is 10.4. The summed E-state index contributed by atoms with van der Waals surface area (Å²) < 4.78 is 1.69. The van der Waals surface area contributed by atoms with Gasteiger partial charge in [-0.15, -0.1) is 0 Å². The van der Waals surface area contributed by atoms with Gasteiger partial charge in [0, 0.05) is 18.8 Å². The zero-order valence-electron chi connectivity index (χ0n) is 16.1. The summed E-state index contributed by atoms with van der Waals surface area (Å²) in [6.45, 7) is 12.0. The van der Waals surface area contributed by atoms with Crippen molar-refractivity contribution in [3.8, 4) is 0 Å². The molecule has 1 N–H and O–H groups in total. The third-order valence-corrected chi connectivity index (χ3v) is 4.16. The van der Waals surface area contributed by atoms with E-state index < -0.39 is 0 Å². The molecule has 0 fully saturated rings. The summed E-state index contributed by atoms with van der Waals surface area (Å²) >= 11 is 0. The summed E-state index contributed by atoms with van der Waals surface area (Å²) in [7, 11) is 0. The molecule has 1 amide bonds. The average molecular weight is 337 g/mol. The van der Waals surface area contributed by atoms with E-state index in [1.165, 1.54) is 38.5 Å². The summed E-state index contributed by atoms with van der Waals surface area (Å²) in [5, 5.41) is 7.28. The Labute approximate surface area is 147 Å². The summed E-state index contributed by atoms with van der Waals surface area (Å²) in [6.07, 6.45) is 11.2. The zero-order valence-corrected chi connectivity index (χ0v) is 16.1. The van der Waals surface area contributed by atoms with E-state index in [2.05, 4.69) is 36.1 Å². The van der Waals surface area contributed by atoms with Gasteiger partial charge in [-0.2, -0.15) is 5.10 Å². The van der Waals surface area contributed by atoms with Gasteiger partial charge in [0.25, 0.3) is 0 Å². The largest absolute Gasteiger partial charge is 0.351 e. The van der Waals surface area contributed by atoms with E-state index in [0.717, 1.165) is 25.2 Å². The van der Waals surface area contributed by atoms with Crippen molar-refractivity contribution < 1.29 is 4.79 Å². The van der Waals surface area contributed by atoms with Crippen molar-refractivity contribution in [2.75, 3.05) is 19.6 Å². The number of aromatic nitrogens is 2. The number of rotatable bonds is 13.